The number of nitrogens with zero attached hydrogens (tertiary/aromatic N) is 2. The predicted molar refractivity (Wildman–Crippen MR) is 126 cm³/mol. The molecule has 0 fully saturated rings. The van der Waals surface area contributed by atoms with Crippen molar-refractivity contribution in [1.29, 1.82) is 0 Å². The fourth-order valence-corrected chi connectivity index (χ4v) is 5.60. The van der Waals surface area contributed by atoms with Gasteiger partial charge in [-0.05, 0) is 48.9 Å². The van der Waals surface area contributed by atoms with Gasteiger partial charge >= 0.3 is 0 Å². The maximum atomic E-state index is 14.8. The van der Waals surface area contributed by atoms with Crippen molar-refractivity contribution in [3.63, 3.8) is 0 Å². The van der Waals surface area contributed by atoms with Crippen LogP contribution in [0.3, 0.4) is 0 Å². The van der Waals surface area contributed by atoms with Gasteiger partial charge in [-0.2, -0.15) is 0 Å². The molecule has 2 atom stereocenters. The zero-order valence-corrected chi connectivity index (χ0v) is 19.8. The maximum absolute atomic E-state index is 14.8. The number of pyridine rings is 2. The lowest BCUT2D eigenvalue weighted by Crippen LogP contribution is -2.34. The van der Waals surface area contributed by atoms with Crippen LogP contribution in [0.25, 0.3) is 22.3 Å². The van der Waals surface area contributed by atoms with Crippen molar-refractivity contribution in [3.05, 3.63) is 61.7 Å². The number of rotatable bonds is 7. The molecular weight excluding hydrogens is 453 g/mol. The third-order valence-corrected chi connectivity index (χ3v) is 7.49. The number of nitrogens with one attached hydrogen (secondary N) is 1. The number of hydrogen-bond donors (Lipinski definition) is 2. The largest absolute Gasteiger partial charge is 0.380 e. The Bertz CT molecular complexity index is 1460. The average Bonchev–Trinajstić information content (AvgIpc) is 3.23. The Hall–Kier alpha value is -3.43. The van der Waals surface area contributed by atoms with Gasteiger partial charge in [0.05, 0.1) is 36.1 Å². The molecule has 1 aromatic carbocycles. The smallest absolute Gasteiger partial charge is 0.257 e. The average molecular weight is 480 g/mol. The van der Waals surface area contributed by atoms with Crippen molar-refractivity contribution < 1.29 is 23.8 Å². The van der Waals surface area contributed by atoms with Crippen molar-refractivity contribution >= 4 is 23.6 Å². The molecule has 2 unspecified atom stereocenters. The van der Waals surface area contributed by atoms with Gasteiger partial charge in [0.1, 0.15) is 11.4 Å². The molecule has 3 aromatic rings. The standard InChI is InChI=1S/C26H26FN3O5/c1-4-26(34,11-31)17-7-21-24-15(9-30(21)25(33)16(17)10-35-3)23-19(28-12-32)6-5-14-13(2)18(27)8-20(29-24)22(14)23/h7-8,11-12,19,34H,4-6,9-10H2,1-3H3,(H,28,32). The minimum absolute atomic E-state index is 0.0680. The lowest BCUT2D eigenvalue weighted by molar-refractivity contribution is -0.125. The third-order valence-electron chi connectivity index (χ3n) is 7.49. The first kappa shape index (κ1) is 23.3. The number of halogens is 1. The summed E-state index contributed by atoms with van der Waals surface area (Å²) in [5.74, 6) is -0.361. The van der Waals surface area contributed by atoms with Gasteiger partial charge in [-0.25, -0.2) is 9.37 Å². The Kier molecular flexibility index (Phi) is 5.56. The summed E-state index contributed by atoms with van der Waals surface area (Å²) in [6, 6.07) is 2.69. The van der Waals surface area contributed by atoms with Gasteiger partial charge in [0, 0.05) is 35.3 Å². The molecule has 2 aromatic heterocycles. The van der Waals surface area contributed by atoms with Gasteiger partial charge in [-0.3, -0.25) is 14.4 Å². The summed E-state index contributed by atoms with van der Waals surface area (Å²) in [6.07, 6.45) is 2.34. The maximum Gasteiger partial charge on any atom is 0.257 e. The highest BCUT2D eigenvalue weighted by molar-refractivity contribution is 5.93. The van der Waals surface area contributed by atoms with E-state index < -0.39 is 5.60 Å². The number of aromatic nitrogens is 2. The Labute approximate surface area is 200 Å². The zero-order chi connectivity index (χ0) is 25.1. The summed E-state index contributed by atoms with van der Waals surface area (Å²) in [6.45, 7) is 3.52. The summed E-state index contributed by atoms with van der Waals surface area (Å²) in [5, 5.41) is 14.7. The number of carbonyl (C=O) groups excluding carboxylic acids is 2. The predicted octanol–water partition coefficient (Wildman–Crippen LogP) is 2.55. The van der Waals surface area contributed by atoms with E-state index >= 15 is 0 Å². The van der Waals surface area contributed by atoms with E-state index in [4.69, 9.17) is 9.72 Å². The minimum Gasteiger partial charge on any atom is -0.380 e. The van der Waals surface area contributed by atoms with Crippen LogP contribution < -0.4 is 10.9 Å². The van der Waals surface area contributed by atoms with E-state index in [0.29, 0.717) is 48.0 Å². The molecule has 9 heteroatoms. The normalized spacial score (nSPS) is 17.6. The number of aldehydes is 1. The van der Waals surface area contributed by atoms with E-state index in [0.717, 1.165) is 22.1 Å². The second-order valence-electron chi connectivity index (χ2n) is 9.23. The van der Waals surface area contributed by atoms with Crippen LogP contribution in [0.1, 0.15) is 59.2 Å². The van der Waals surface area contributed by atoms with Crippen LogP contribution in [0.4, 0.5) is 4.39 Å². The first-order valence-corrected chi connectivity index (χ1v) is 11.6. The molecule has 1 aliphatic carbocycles. The highest BCUT2D eigenvalue weighted by Gasteiger charge is 2.37. The highest BCUT2D eigenvalue weighted by atomic mass is 19.1. The number of methoxy groups -OCH3 is 1. The molecule has 5 rings (SSSR count). The minimum atomic E-state index is -1.87. The first-order valence-electron chi connectivity index (χ1n) is 11.6. The summed E-state index contributed by atoms with van der Waals surface area (Å²) < 4.78 is 21.6. The van der Waals surface area contributed by atoms with Crippen LogP contribution in [0, 0.1) is 12.7 Å². The zero-order valence-electron chi connectivity index (χ0n) is 19.8. The molecule has 1 aliphatic heterocycles. The summed E-state index contributed by atoms with van der Waals surface area (Å²) in [7, 11) is 1.44. The Balaban J connectivity index is 1.87. The second kappa shape index (κ2) is 8.35. The molecule has 8 nitrogen and oxygen atoms in total. The van der Waals surface area contributed by atoms with E-state index in [-0.39, 0.29) is 48.1 Å². The number of amides is 1. The monoisotopic (exact) mass is 479 g/mol. The number of ether oxygens (including phenoxy) is 1. The summed E-state index contributed by atoms with van der Waals surface area (Å²) >= 11 is 0. The number of benzene rings is 1. The highest BCUT2D eigenvalue weighted by Crippen LogP contribution is 2.45. The lowest BCUT2D eigenvalue weighted by atomic mass is 9.82. The topological polar surface area (TPSA) is 111 Å². The Morgan fingerprint density at radius 1 is 1.34 bits per heavy atom. The molecule has 2 aliphatic rings. The Morgan fingerprint density at radius 3 is 2.77 bits per heavy atom. The van der Waals surface area contributed by atoms with E-state index in [9.17, 15) is 23.9 Å². The van der Waals surface area contributed by atoms with Crippen LogP contribution >= 0.6 is 0 Å². The molecule has 35 heavy (non-hydrogen) atoms. The molecular formula is C26H26FN3O5. The molecule has 3 heterocycles. The van der Waals surface area contributed by atoms with Crippen LogP contribution in [0.5, 0.6) is 0 Å². The van der Waals surface area contributed by atoms with E-state index in [1.165, 1.54) is 13.2 Å². The number of fused-ring (bicyclic) bond motifs is 4. The molecule has 1 amide bonds. The van der Waals surface area contributed by atoms with Gasteiger partial charge in [-0.1, -0.05) is 6.92 Å². The SMILES string of the molecule is CCC(O)(C=O)c1cc2n(c(=O)c1COC)Cc1c-2nc2cc(F)c(C)c3c2c1C(NC=O)CC3. The fraction of sp³-hybridized carbons (Fsp3) is 0.385. The van der Waals surface area contributed by atoms with Gasteiger partial charge in [0.2, 0.25) is 6.41 Å². The van der Waals surface area contributed by atoms with Crippen molar-refractivity contribution in [1.82, 2.24) is 14.9 Å². The van der Waals surface area contributed by atoms with Gasteiger partial charge in [0.15, 0.2) is 6.29 Å². The second-order valence-corrected chi connectivity index (χ2v) is 9.23. The molecule has 0 saturated heterocycles. The molecule has 182 valence electrons. The van der Waals surface area contributed by atoms with Crippen molar-refractivity contribution in [2.45, 2.75) is 57.9 Å². The molecule has 0 spiro atoms. The van der Waals surface area contributed by atoms with E-state index in [1.54, 1.807) is 24.5 Å². The third kappa shape index (κ3) is 3.25. The molecule has 0 radical (unpaired) electrons. The van der Waals surface area contributed by atoms with Gasteiger partial charge < -0.3 is 19.7 Å². The van der Waals surface area contributed by atoms with Crippen LogP contribution in [-0.4, -0.2) is 34.5 Å². The van der Waals surface area contributed by atoms with E-state index in [1.807, 2.05) is 0 Å². The van der Waals surface area contributed by atoms with Gasteiger partial charge in [0.25, 0.3) is 5.56 Å². The Morgan fingerprint density at radius 2 is 2.11 bits per heavy atom. The number of carbonyl (C=O) groups is 2. The first-order chi connectivity index (χ1) is 16.8. The molecule has 2 N–H and O–H groups in total. The van der Waals surface area contributed by atoms with Crippen molar-refractivity contribution in [2.75, 3.05) is 7.11 Å². The van der Waals surface area contributed by atoms with Crippen molar-refractivity contribution in [2.24, 2.45) is 0 Å². The number of hydrogen-bond acceptors (Lipinski definition) is 6. The molecule has 0 saturated carbocycles. The van der Waals surface area contributed by atoms with Crippen LogP contribution in [0.2, 0.25) is 0 Å². The van der Waals surface area contributed by atoms with Gasteiger partial charge in [-0.15, -0.1) is 0 Å². The summed E-state index contributed by atoms with van der Waals surface area (Å²) in [4.78, 5) is 41.7. The number of aliphatic hydroxyl groups is 1. The molecule has 0 bridgehead atoms. The lowest BCUT2D eigenvalue weighted by Gasteiger charge is -2.28. The fourth-order valence-electron chi connectivity index (χ4n) is 5.60. The summed E-state index contributed by atoms with van der Waals surface area (Å²) in [5.41, 5.74) is 2.50. The van der Waals surface area contributed by atoms with Crippen LogP contribution in [-0.2, 0) is 39.5 Å². The van der Waals surface area contributed by atoms with Crippen molar-refractivity contribution in [3.8, 4) is 11.4 Å². The van der Waals surface area contributed by atoms with Crippen LogP contribution in [0.15, 0.2) is 16.9 Å². The van der Waals surface area contributed by atoms with E-state index in [2.05, 4.69) is 5.32 Å². The quantitative estimate of drug-likeness (QED) is 0.394. The number of aryl methyl sites for hydroxylation is 1.